The molecule has 0 atom stereocenters. The van der Waals surface area contributed by atoms with Gasteiger partial charge >= 0.3 is 6.18 Å². The van der Waals surface area contributed by atoms with Crippen LogP contribution in [0.5, 0.6) is 0 Å². The van der Waals surface area contributed by atoms with Crippen LogP contribution in [-0.2, 0) is 6.18 Å². The Balaban J connectivity index is 1.15. The Morgan fingerprint density at radius 2 is 1.76 bits per heavy atom. The molecule has 0 unspecified atom stereocenters. The highest BCUT2D eigenvalue weighted by Crippen LogP contribution is 2.32. The number of nitrogens with one attached hydrogen (secondary N) is 2. The number of fused-ring (bicyclic) bond motifs is 1. The number of hydrogen-bond acceptors (Lipinski definition) is 5. The molecule has 1 aromatic carbocycles. The van der Waals surface area contributed by atoms with E-state index in [1.165, 1.54) is 11.0 Å². The number of alkyl halides is 3. The SMILES string of the molecule is FC(F)(F)c1ccc(NC2CCN(Sc3ccc(-c4ccnc5[nH]ccc45)cc3)CC2)nc1. The standard InChI is InChI=1S/C24H22F3N5S/c25-24(26,27)17-3-6-22(30-15-17)31-18-9-13-32(14-10-18)33-19-4-1-16(2-5-19)20-7-11-28-23-21(20)8-12-29-23/h1-8,11-12,15,18H,9-10,13-14H2,(H,28,29)(H,30,31). The third kappa shape index (κ3) is 4.99. The quantitative estimate of drug-likeness (QED) is 0.340. The molecule has 0 radical (unpaired) electrons. The number of aromatic amines is 1. The van der Waals surface area contributed by atoms with Crippen LogP contribution < -0.4 is 5.32 Å². The Morgan fingerprint density at radius 1 is 0.970 bits per heavy atom. The van der Waals surface area contributed by atoms with E-state index in [0.29, 0.717) is 5.82 Å². The van der Waals surface area contributed by atoms with Crippen LogP contribution in [0.3, 0.4) is 0 Å². The number of anilines is 1. The Labute approximate surface area is 193 Å². The normalized spacial score (nSPS) is 15.7. The van der Waals surface area contributed by atoms with E-state index in [1.807, 2.05) is 24.5 Å². The largest absolute Gasteiger partial charge is 0.417 e. The van der Waals surface area contributed by atoms with Gasteiger partial charge < -0.3 is 10.3 Å². The Bertz CT molecular complexity index is 1210. The monoisotopic (exact) mass is 469 g/mol. The van der Waals surface area contributed by atoms with Crippen molar-refractivity contribution in [2.45, 2.75) is 30.0 Å². The van der Waals surface area contributed by atoms with Crippen molar-refractivity contribution in [2.75, 3.05) is 18.4 Å². The van der Waals surface area contributed by atoms with Crippen LogP contribution in [0.2, 0.25) is 0 Å². The zero-order valence-corrected chi connectivity index (χ0v) is 18.5. The first kappa shape index (κ1) is 21.8. The summed E-state index contributed by atoms with van der Waals surface area (Å²) in [6, 6.07) is 15.3. The highest BCUT2D eigenvalue weighted by molar-refractivity contribution is 7.97. The lowest BCUT2D eigenvalue weighted by Crippen LogP contribution is -2.35. The minimum Gasteiger partial charge on any atom is -0.367 e. The summed E-state index contributed by atoms with van der Waals surface area (Å²) < 4.78 is 40.4. The number of piperidine rings is 1. The summed E-state index contributed by atoms with van der Waals surface area (Å²) in [5.74, 6) is 0.484. The van der Waals surface area contributed by atoms with Gasteiger partial charge in [-0.3, -0.25) is 0 Å². The molecule has 3 aromatic heterocycles. The first-order chi connectivity index (χ1) is 16.0. The fraction of sp³-hybridized carbons (Fsp3) is 0.250. The molecule has 170 valence electrons. The molecule has 0 aliphatic carbocycles. The van der Waals surface area contributed by atoms with Gasteiger partial charge in [0.25, 0.3) is 0 Å². The molecule has 0 saturated carbocycles. The molecular weight excluding hydrogens is 447 g/mol. The lowest BCUT2D eigenvalue weighted by Gasteiger charge is -2.31. The smallest absolute Gasteiger partial charge is 0.367 e. The van der Waals surface area contributed by atoms with E-state index >= 15 is 0 Å². The third-order valence-electron chi connectivity index (χ3n) is 5.76. The van der Waals surface area contributed by atoms with Crippen LogP contribution in [0.15, 0.2) is 72.0 Å². The summed E-state index contributed by atoms with van der Waals surface area (Å²) in [5.41, 5.74) is 2.46. The van der Waals surface area contributed by atoms with Gasteiger partial charge in [-0.15, -0.1) is 0 Å². The number of nitrogens with zero attached hydrogens (tertiary/aromatic N) is 3. The van der Waals surface area contributed by atoms with E-state index in [9.17, 15) is 13.2 Å². The van der Waals surface area contributed by atoms with Gasteiger partial charge in [0.1, 0.15) is 11.5 Å². The van der Waals surface area contributed by atoms with Crippen molar-refractivity contribution in [1.29, 1.82) is 0 Å². The van der Waals surface area contributed by atoms with Gasteiger partial charge in [0.2, 0.25) is 0 Å². The molecular formula is C24H22F3N5S. The highest BCUT2D eigenvalue weighted by Gasteiger charge is 2.30. The molecule has 9 heteroatoms. The summed E-state index contributed by atoms with van der Waals surface area (Å²) in [6.07, 6.45) is 2.03. The highest BCUT2D eigenvalue weighted by atomic mass is 32.2. The zero-order valence-electron chi connectivity index (χ0n) is 17.6. The Morgan fingerprint density at radius 3 is 2.45 bits per heavy atom. The van der Waals surface area contributed by atoms with Gasteiger partial charge in [-0.2, -0.15) is 13.2 Å². The molecule has 0 bridgehead atoms. The molecule has 0 spiro atoms. The van der Waals surface area contributed by atoms with E-state index in [1.54, 1.807) is 11.9 Å². The van der Waals surface area contributed by atoms with Crippen molar-refractivity contribution in [3.8, 4) is 11.1 Å². The lowest BCUT2D eigenvalue weighted by atomic mass is 10.0. The van der Waals surface area contributed by atoms with E-state index < -0.39 is 11.7 Å². The zero-order chi connectivity index (χ0) is 22.8. The molecule has 1 aliphatic heterocycles. The number of aromatic nitrogens is 3. The second-order valence-corrected chi connectivity index (χ2v) is 9.16. The fourth-order valence-corrected chi connectivity index (χ4v) is 4.95. The van der Waals surface area contributed by atoms with Gasteiger partial charge in [0.15, 0.2) is 0 Å². The maximum absolute atomic E-state index is 12.7. The average Bonchev–Trinajstić information content (AvgIpc) is 3.30. The van der Waals surface area contributed by atoms with Crippen LogP contribution >= 0.6 is 11.9 Å². The second-order valence-electron chi connectivity index (χ2n) is 7.99. The van der Waals surface area contributed by atoms with Crippen molar-refractivity contribution in [1.82, 2.24) is 19.3 Å². The molecule has 5 nitrogen and oxygen atoms in total. The van der Waals surface area contributed by atoms with E-state index in [0.717, 1.165) is 60.4 Å². The van der Waals surface area contributed by atoms with E-state index in [-0.39, 0.29) is 6.04 Å². The van der Waals surface area contributed by atoms with Crippen molar-refractivity contribution >= 4 is 28.8 Å². The topological polar surface area (TPSA) is 56.8 Å². The fourth-order valence-electron chi connectivity index (χ4n) is 4.00. The molecule has 4 aromatic rings. The molecule has 0 amide bonds. The maximum atomic E-state index is 12.7. The molecule has 5 rings (SSSR count). The van der Waals surface area contributed by atoms with Gasteiger partial charge in [-0.25, -0.2) is 14.3 Å². The minimum absolute atomic E-state index is 0.198. The van der Waals surface area contributed by atoms with Crippen molar-refractivity contribution in [3.63, 3.8) is 0 Å². The Hall–Kier alpha value is -3.04. The van der Waals surface area contributed by atoms with Gasteiger partial charge in [-0.05, 0) is 72.3 Å². The van der Waals surface area contributed by atoms with Crippen LogP contribution in [0.4, 0.5) is 19.0 Å². The van der Waals surface area contributed by atoms with Crippen LogP contribution in [0, 0.1) is 0 Å². The summed E-state index contributed by atoms with van der Waals surface area (Å²) >= 11 is 1.73. The second kappa shape index (κ2) is 9.07. The summed E-state index contributed by atoms with van der Waals surface area (Å²) in [7, 11) is 0. The molecule has 1 aliphatic rings. The first-order valence-corrected chi connectivity index (χ1v) is 11.5. The van der Waals surface area contributed by atoms with Crippen molar-refractivity contribution in [2.24, 2.45) is 0 Å². The summed E-state index contributed by atoms with van der Waals surface area (Å²) in [6.45, 7) is 1.78. The van der Waals surface area contributed by atoms with Crippen molar-refractivity contribution in [3.05, 3.63) is 72.7 Å². The number of H-pyrrole nitrogens is 1. The van der Waals surface area contributed by atoms with Gasteiger partial charge in [0.05, 0.1) is 5.56 Å². The Kier molecular flexibility index (Phi) is 5.99. The number of benzene rings is 1. The predicted molar refractivity (Wildman–Crippen MR) is 125 cm³/mol. The van der Waals surface area contributed by atoms with E-state index in [2.05, 4.69) is 48.8 Å². The lowest BCUT2D eigenvalue weighted by molar-refractivity contribution is -0.137. The molecule has 4 heterocycles. The van der Waals surface area contributed by atoms with Gasteiger partial charge in [-0.1, -0.05) is 12.1 Å². The van der Waals surface area contributed by atoms with Crippen LogP contribution in [0.25, 0.3) is 22.2 Å². The summed E-state index contributed by atoms with van der Waals surface area (Å²) in [5, 5.41) is 4.37. The maximum Gasteiger partial charge on any atom is 0.417 e. The predicted octanol–water partition coefficient (Wildman–Crippen LogP) is 6.23. The first-order valence-electron chi connectivity index (χ1n) is 10.7. The molecule has 33 heavy (non-hydrogen) atoms. The summed E-state index contributed by atoms with van der Waals surface area (Å²) in [4.78, 5) is 12.6. The number of pyridine rings is 2. The minimum atomic E-state index is -4.36. The molecule has 1 fully saturated rings. The third-order valence-corrected chi connectivity index (χ3v) is 6.86. The average molecular weight is 470 g/mol. The van der Waals surface area contributed by atoms with Crippen LogP contribution in [-0.4, -0.2) is 38.4 Å². The van der Waals surface area contributed by atoms with E-state index in [4.69, 9.17) is 0 Å². The number of halogens is 3. The number of rotatable bonds is 5. The van der Waals surface area contributed by atoms with Crippen molar-refractivity contribution < 1.29 is 13.2 Å². The van der Waals surface area contributed by atoms with Crippen LogP contribution in [0.1, 0.15) is 18.4 Å². The van der Waals surface area contributed by atoms with Gasteiger partial charge in [0, 0.05) is 48.0 Å². The molecule has 2 N–H and O–H groups in total. The number of hydrogen-bond donors (Lipinski definition) is 2. The molecule has 1 saturated heterocycles.